The molecule has 3 N–H and O–H groups in total. The number of aryl methyl sites for hydroxylation is 2. The molecule has 0 radical (unpaired) electrons. The molecule has 2 heterocycles. The van der Waals surface area contributed by atoms with E-state index in [4.69, 9.17) is 10.7 Å². The fraction of sp³-hybridized carbons (Fsp3) is 0.600. The number of nitrogens with one attached hydrogen (secondary N) is 1. The van der Waals surface area contributed by atoms with Gasteiger partial charge in [-0.2, -0.15) is 0 Å². The van der Waals surface area contributed by atoms with Crippen molar-refractivity contribution < 1.29 is 9.53 Å². The minimum absolute atomic E-state index is 0.109. The molecule has 1 aliphatic carbocycles. The molecule has 6 heteroatoms. The minimum atomic E-state index is -0.372. The first-order valence-electron chi connectivity index (χ1n) is 7.52. The van der Waals surface area contributed by atoms with Gasteiger partial charge in [-0.3, -0.25) is 0 Å². The van der Waals surface area contributed by atoms with Crippen molar-refractivity contribution in [3.05, 3.63) is 22.9 Å². The van der Waals surface area contributed by atoms with Gasteiger partial charge in [0.15, 0.2) is 0 Å². The lowest BCUT2D eigenvalue weighted by molar-refractivity contribution is 0.167. The monoisotopic (exact) mass is 290 g/mol. The van der Waals surface area contributed by atoms with Crippen molar-refractivity contribution in [1.82, 2.24) is 10.3 Å². The summed E-state index contributed by atoms with van der Waals surface area (Å²) in [4.78, 5) is 18.4. The number of nitrogens with two attached hydrogens (primary N) is 1. The number of methoxy groups -OCH3 is 1. The maximum absolute atomic E-state index is 11.3. The van der Waals surface area contributed by atoms with Crippen molar-refractivity contribution >= 4 is 11.9 Å². The number of hydrogen-bond donors (Lipinski definition) is 2. The molecule has 0 saturated carbocycles. The van der Waals surface area contributed by atoms with Crippen LogP contribution in [-0.2, 0) is 24.1 Å². The van der Waals surface area contributed by atoms with Gasteiger partial charge in [0.25, 0.3) is 0 Å². The van der Waals surface area contributed by atoms with E-state index in [1.54, 1.807) is 0 Å². The molecule has 3 rings (SSSR count). The molecule has 6 nitrogen and oxygen atoms in total. The van der Waals surface area contributed by atoms with Gasteiger partial charge in [-0.05, 0) is 37.3 Å². The number of nitrogens with zero attached hydrogens (tertiary/aromatic N) is 2. The van der Waals surface area contributed by atoms with Gasteiger partial charge in [-0.25, -0.2) is 9.78 Å². The van der Waals surface area contributed by atoms with Gasteiger partial charge >= 0.3 is 6.09 Å². The second kappa shape index (κ2) is 5.89. The van der Waals surface area contributed by atoms with Crippen LogP contribution in [0.25, 0.3) is 0 Å². The first kappa shape index (κ1) is 14.1. The molecule has 2 aliphatic rings. The Balaban J connectivity index is 1.77. The van der Waals surface area contributed by atoms with Crippen LogP contribution >= 0.6 is 0 Å². The number of carbonyl (C=O) groups is 1. The summed E-state index contributed by atoms with van der Waals surface area (Å²) in [6, 6.07) is 2.32. The summed E-state index contributed by atoms with van der Waals surface area (Å²) in [5.74, 6) is 0.993. The molecule has 0 bridgehead atoms. The Morgan fingerprint density at radius 3 is 3.19 bits per heavy atom. The van der Waals surface area contributed by atoms with Crippen LogP contribution in [0, 0.1) is 0 Å². The number of aromatic nitrogens is 1. The van der Waals surface area contributed by atoms with E-state index in [1.165, 1.54) is 24.8 Å². The predicted octanol–water partition coefficient (Wildman–Crippen LogP) is 0.964. The molecule has 1 aromatic rings. The fourth-order valence-corrected chi connectivity index (χ4v) is 3.23. The van der Waals surface area contributed by atoms with Crippen LogP contribution < -0.4 is 16.0 Å². The van der Waals surface area contributed by atoms with Crippen molar-refractivity contribution in [3.8, 4) is 0 Å². The molecule has 1 saturated heterocycles. The van der Waals surface area contributed by atoms with Crippen molar-refractivity contribution in [1.29, 1.82) is 0 Å². The maximum atomic E-state index is 11.3. The van der Waals surface area contributed by atoms with Gasteiger partial charge in [0.1, 0.15) is 5.82 Å². The van der Waals surface area contributed by atoms with Crippen LogP contribution in [0.4, 0.5) is 10.6 Å². The topological polar surface area (TPSA) is 80.5 Å². The van der Waals surface area contributed by atoms with E-state index in [2.05, 4.69) is 21.0 Å². The van der Waals surface area contributed by atoms with Crippen molar-refractivity contribution in [3.63, 3.8) is 0 Å². The second-order valence-electron chi connectivity index (χ2n) is 5.70. The highest BCUT2D eigenvalue weighted by Gasteiger charge is 2.27. The molecule has 0 aromatic carbocycles. The van der Waals surface area contributed by atoms with Crippen LogP contribution in [0.1, 0.15) is 29.7 Å². The van der Waals surface area contributed by atoms with Gasteiger partial charge in [0, 0.05) is 30.9 Å². The van der Waals surface area contributed by atoms with E-state index in [0.29, 0.717) is 6.54 Å². The van der Waals surface area contributed by atoms with Gasteiger partial charge in [-0.1, -0.05) is 0 Å². The van der Waals surface area contributed by atoms with E-state index in [-0.39, 0.29) is 12.1 Å². The zero-order chi connectivity index (χ0) is 14.8. The highest BCUT2D eigenvalue weighted by Crippen LogP contribution is 2.29. The van der Waals surface area contributed by atoms with Gasteiger partial charge in [0.2, 0.25) is 0 Å². The maximum Gasteiger partial charge on any atom is 0.407 e. The number of rotatable bonds is 3. The third-order valence-corrected chi connectivity index (χ3v) is 4.32. The Morgan fingerprint density at radius 1 is 1.57 bits per heavy atom. The number of ether oxygens (including phenoxy) is 1. The number of anilines is 1. The highest BCUT2D eigenvalue weighted by atomic mass is 16.5. The predicted molar refractivity (Wildman–Crippen MR) is 80.3 cm³/mol. The molecule has 1 amide bonds. The summed E-state index contributed by atoms with van der Waals surface area (Å²) >= 11 is 0. The summed E-state index contributed by atoms with van der Waals surface area (Å²) in [5, 5.41) is 2.86. The fourth-order valence-electron chi connectivity index (χ4n) is 3.23. The average Bonchev–Trinajstić information content (AvgIpc) is 3.13. The first-order valence-corrected chi connectivity index (χ1v) is 7.52. The largest absolute Gasteiger partial charge is 0.453 e. The van der Waals surface area contributed by atoms with E-state index in [9.17, 15) is 4.79 Å². The molecule has 114 valence electrons. The molecule has 1 aliphatic heterocycles. The Morgan fingerprint density at radius 2 is 2.43 bits per heavy atom. The van der Waals surface area contributed by atoms with Crippen molar-refractivity contribution in [2.75, 3.05) is 25.1 Å². The number of hydrogen-bond acceptors (Lipinski definition) is 5. The van der Waals surface area contributed by atoms with E-state index < -0.39 is 0 Å². The summed E-state index contributed by atoms with van der Waals surface area (Å²) in [7, 11) is 1.39. The number of pyridine rings is 1. The number of fused-ring (bicyclic) bond motifs is 1. The SMILES string of the molecule is COC(=O)NC1CCN(c2nc3c(cc2CN)CCC3)C1. The van der Waals surface area contributed by atoms with Gasteiger partial charge in [-0.15, -0.1) is 0 Å². The van der Waals surface area contributed by atoms with Gasteiger partial charge in [0.05, 0.1) is 13.2 Å². The lowest BCUT2D eigenvalue weighted by atomic mass is 10.1. The van der Waals surface area contributed by atoms with Crippen LogP contribution in [0.2, 0.25) is 0 Å². The van der Waals surface area contributed by atoms with Crippen molar-refractivity contribution in [2.45, 2.75) is 38.3 Å². The summed E-state index contributed by atoms with van der Waals surface area (Å²) < 4.78 is 4.65. The molecule has 21 heavy (non-hydrogen) atoms. The zero-order valence-corrected chi connectivity index (χ0v) is 12.4. The third-order valence-electron chi connectivity index (χ3n) is 4.32. The first-order chi connectivity index (χ1) is 10.2. The average molecular weight is 290 g/mol. The quantitative estimate of drug-likeness (QED) is 0.867. The lowest BCUT2D eigenvalue weighted by Gasteiger charge is -2.21. The second-order valence-corrected chi connectivity index (χ2v) is 5.70. The standard InChI is InChI=1S/C15H22N4O2/c1-21-15(20)17-12-5-6-19(9-12)14-11(8-16)7-10-3-2-4-13(10)18-14/h7,12H,2-6,8-9,16H2,1H3,(H,17,20). The molecule has 1 atom stereocenters. The smallest absolute Gasteiger partial charge is 0.407 e. The van der Waals surface area contributed by atoms with Crippen LogP contribution in [0.5, 0.6) is 0 Å². The molecular formula is C15H22N4O2. The van der Waals surface area contributed by atoms with E-state index >= 15 is 0 Å². The normalized spacial score (nSPS) is 20.5. The molecule has 1 aromatic heterocycles. The third kappa shape index (κ3) is 2.81. The van der Waals surface area contributed by atoms with E-state index in [0.717, 1.165) is 43.7 Å². The minimum Gasteiger partial charge on any atom is -0.453 e. The number of amides is 1. The Hall–Kier alpha value is -1.82. The molecule has 1 fully saturated rings. The Kier molecular flexibility index (Phi) is 3.96. The van der Waals surface area contributed by atoms with Crippen LogP contribution in [0.3, 0.4) is 0 Å². The molecule has 0 spiro atoms. The highest BCUT2D eigenvalue weighted by molar-refractivity contribution is 5.67. The summed E-state index contributed by atoms with van der Waals surface area (Å²) in [6.45, 7) is 2.14. The van der Waals surface area contributed by atoms with Crippen molar-refractivity contribution in [2.24, 2.45) is 5.73 Å². The van der Waals surface area contributed by atoms with Gasteiger partial charge < -0.3 is 20.7 Å². The molecular weight excluding hydrogens is 268 g/mol. The number of alkyl carbamates (subject to hydrolysis) is 1. The zero-order valence-electron chi connectivity index (χ0n) is 12.4. The number of carbonyl (C=O) groups excluding carboxylic acids is 1. The lowest BCUT2D eigenvalue weighted by Crippen LogP contribution is -2.37. The summed E-state index contributed by atoms with van der Waals surface area (Å²) in [6.07, 6.45) is 3.88. The Labute approximate surface area is 124 Å². The Bertz CT molecular complexity index is 547. The van der Waals surface area contributed by atoms with Crippen LogP contribution in [0.15, 0.2) is 6.07 Å². The van der Waals surface area contributed by atoms with E-state index in [1.807, 2.05) is 0 Å². The summed E-state index contributed by atoms with van der Waals surface area (Å²) in [5.41, 5.74) is 9.56. The van der Waals surface area contributed by atoms with Crippen LogP contribution in [-0.4, -0.2) is 37.3 Å². The molecule has 1 unspecified atom stereocenters.